The number of nitrogens with zero attached hydrogens (tertiary/aromatic N) is 1. The Morgan fingerprint density at radius 3 is 2.50 bits per heavy atom. The normalized spacial score (nSPS) is 27.8. The van der Waals surface area contributed by atoms with Gasteiger partial charge in [-0.1, -0.05) is 31.4 Å². The lowest BCUT2D eigenvalue weighted by Crippen LogP contribution is -2.42. The van der Waals surface area contributed by atoms with E-state index in [1.54, 1.807) is 24.3 Å². The van der Waals surface area contributed by atoms with E-state index >= 15 is 0 Å². The molecule has 1 aliphatic rings. The molecule has 0 radical (unpaired) electrons. The molecule has 112 valence electrons. The number of likely N-dealkylation sites (N-methyl/N-ethyl adjacent to an activating group) is 1. The first-order valence-electron chi connectivity index (χ1n) is 10.9. The summed E-state index contributed by atoms with van der Waals surface area (Å²) in [4.78, 5) is -0.0610. The maximum absolute atomic E-state index is 11.4. The van der Waals surface area contributed by atoms with Crippen molar-refractivity contribution in [3.63, 3.8) is 0 Å². The average Bonchev–Trinajstić information content (AvgIpc) is 2.52. The molecule has 1 N–H and O–H groups in total. The van der Waals surface area contributed by atoms with Crippen LogP contribution < -0.4 is 4.74 Å². The van der Waals surface area contributed by atoms with Crippen LogP contribution in [0.15, 0.2) is 24.3 Å². The second-order valence-corrected chi connectivity index (χ2v) is 5.33. The van der Waals surface area contributed by atoms with Crippen LogP contribution in [0.5, 0.6) is 5.75 Å². The first-order chi connectivity index (χ1) is 12.7. The van der Waals surface area contributed by atoms with Crippen LogP contribution in [-0.4, -0.2) is 43.2 Å². The summed E-state index contributed by atoms with van der Waals surface area (Å²) < 4.78 is 68.3. The van der Waals surface area contributed by atoms with Crippen LogP contribution in [0.1, 0.15) is 54.6 Å². The Morgan fingerprint density at radius 2 is 1.95 bits per heavy atom. The predicted molar refractivity (Wildman–Crippen MR) is 82.3 cm³/mol. The molecule has 1 aromatic rings. The Kier molecular flexibility index (Phi) is 2.57. The van der Waals surface area contributed by atoms with Gasteiger partial charge in [-0.25, -0.2) is 0 Å². The highest BCUT2D eigenvalue weighted by Crippen LogP contribution is 2.40. The van der Waals surface area contributed by atoms with E-state index in [0.717, 1.165) is 6.42 Å². The van der Waals surface area contributed by atoms with Gasteiger partial charge >= 0.3 is 0 Å². The minimum Gasteiger partial charge on any atom is -0.497 e. The Hall–Kier alpha value is -1.06. The smallest absolute Gasteiger partial charge is 0.118 e. The second kappa shape index (κ2) is 6.59. The van der Waals surface area contributed by atoms with E-state index in [2.05, 4.69) is 0 Å². The van der Waals surface area contributed by atoms with Crippen molar-refractivity contribution in [1.82, 2.24) is 4.90 Å². The molecule has 2 rings (SSSR count). The van der Waals surface area contributed by atoms with Crippen molar-refractivity contribution < 1.29 is 20.8 Å². The summed E-state index contributed by atoms with van der Waals surface area (Å²) in [7, 11) is 1.48. The van der Waals surface area contributed by atoms with Gasteiger partial charge in [-0.3, -0.25) is 0 Å². The zero-order valence-electron chi connectivity index (χ0n) is 19.7. The summed E-state index contributed by atoms with van der Waals surface area (Å²) in [5.74, 6) is -0.853. The molecule has 20 heavy (non-hydrogen) atoms. The number of aliphatic hydroxyl groups is 1. The molecule has 1 fully saturated rings. The standard InChI is InChI=1S/C17H27NO2/c1-18(2)13-16(17(19)11-5-4-6-12-17)14-7-9-15(20-3)10-8-14/h7-10,16,19H,4-6,11-13H2,1-3H3/t16-/m0/s1/i1D3,2D3,13D2. The molecule has 1 aromatic carbocycles. The monoisotopic (exact) mass is 285 g/mol. The summed E-state index contributed by atoms with van der Waals surface area (Å²) >= 11 is 0. The third-order valence-corrected chi connectivity index (χ3v) is 3.96. The van der Waals surface area contributed by atoms with Crippen molar-refractivity contribution in [3.05, 3.63) is 29.8 Å². The average molecular weight is 285 g/mol. The Balaban J connectivity index is 2.64. The zero-order chi connectivity index (χ0) is 21.4. The van der Waals surface area contributed by atoms with E-state index in [9.17, 15) is 5.11 Å². The predicted octanol–water partition coefficient (Wildman–Crippen LogP) is 3.04. The van der Waals surface area contributed by atoms with Crippen LogP contribution in [0.3, 0.4) is 0 Å². The minimum atomic E-state index is -3.22. The van der Waals surface area contributed by atoms with E-state index in [4.69, 9.17) is 15.7 Å². The molecule has 1 saturated carbocycles. The number of ether oxygens (including phenoxy) is 1. The van der Waals surface area contributed by atoms with Gasteiger partial charge in [-0.05, 0) is 44.5 Å². The van der Waals surface area contributed by atoms with Crippen molar-refractivity contribution in [1.29, 1.82) is 0 Å². The van der Waals surface area contributed by atoms with Crippen molar-refractivity contribution in [3.8, 4) is 5.75 Å². The fourth-order valence-electron chi connectivity index (χ4n) is 2.88. The maximum Gasteiger partial charge on any atom is 0.118 e. The lowest BCUT2D eigenvalue weighted by molar-refractivity contribution is -0.0277. The Morgan fingerprint density at radius 1 is 1.30 bits per heavy atom. The van der Waals surface area contributed by atoms with Crippen molar-refractivity contribution >= 4 is 0 Å². The lowest BCUT2D eigenvalue weighted by atomic mass is 9.72. The van der Waals surface area contributed by atoms with Crippen LogP contribution in [0, 0.1) is 0 Å². The van der Waals surface area contributed by atoms with Crippen molar-refractivity contribution in [2.24, 2.45) is 0 Å². The fraction of sp³-hybridized carbons (Fsp3) is 0.647. The Labute approximate surface area is 133 Å². The quantitative estimate of drug-likeness (QED) is 0.902. The molecule has 0 unspecified atom stereocenters. The van der Waals surface area contributed by atoms with E-state index in [1.807, 2.05) is 0 Å². The number of rotatable bonds is 5. The topological polar surface area (TPSA) is 32.7 Å². The molecule has 0 bridgehead atoms. The van der Waals surface area contributed by atoms with E-state index in [1.165, 1.54) is 7.11 Å². The minimum absolute atomic E-state index is 0.0610. The highest BCUT2D eigenvalue weighted by molar-refractivity contribution is 5.31. The highest BCUT2D eigenvalue weighted by atomic mass is 16.5. The van der Waals surface area contributed by atoms with Crippen LogP contribution >= 0.6 is 0 Å². The van der Waals surface area contributed by atoms with Gasteiger partial charge in [0, 0.05) is 23.4 Å². The van der Waals surface area contributed by atoms with Gasteiger partial charge in [0.2, 0.25) is 0 Å². The lowest BCUT2D eigenvalue weighted by Gasteiger charge is -2.40. The van der Waals surface area contributed by atoms with Gasteiger partial charge < -0.3 is 14.7 Å². The van der Waals surface area contributed by atoms with Gasteiger partial charge in [0.05, 0.1) is 12.7 Å². The number of hydrogen-bond donors (Lipinski definition) is 1. The molecule has 0 amide bonds. The van der Waals surface area contributed by atoms with E-state index in [-0.39, 0.29) is 17.7 Å². The van der Waals surface area contributed by atoms with Gasteiger partial charge in [0.25, 0.3) is 0 Å². The Bertz CT molecular complexity index is 637. The number of hydrogen-bond acceptors (Lipinski definition) is 3. The largest absolute Gasteiger partial charge is 0.497 e. The maximum atomic E-state index is 11.4. The molecule has 1 aliphatic carbocycles. The molecule has 0 aromatic heterocycles. The zero-order valence-corrected chi connectivity index (χ0v) is 11.7. The van der Waals surface area contributed by atoms with E-state index in [0.29, 0.717) is 24.2 Å². The van der Waals surface area contributed by atoms with Gasteiger partial charge in [0.1, 0.15) is 5.75 Å². The van der Waals surface area contributed by atoms with Crippen LogP contribution in [0.2, 0.25) is 0 Å². The van der Waals surface area contributed by atoms with E-state index < -0.39 is 32.0 Å². The van der Waals surface area contributed by atoms with Crippen LogP contribution in [0.4, 0.5) is 0 Å². The summed E-state index contributed by atoms with van der Waals surface area (Å²) in [5.41, 5.74) is -1.24. The third kappa shape index (κ3) is 3.53. The first kappa shape index (κ1) is 7.81. The number of benzene rings is 1. The second-order valence-electron chi connectivity index (χ2n) is 5.33. The van der Waals surface area contributed by atoms with Gasteiger partial charge in [-0.15, -0.1) is 0 Å². The van der Waals surface area contributed by atoms with Crippen molar-refractivity contribution in [2.75, 3.05) is 27.6 Å². The molecule has 3 nitrogen and oxygen atoms in total. The molecule has 0 heterocycles. The highest BCUT2D eigenvalue weighted by Gasteiger charge is 2.38. The first-order valence-corrected chi connectivity index (χ1v) is 6.90. The molecule has 3 heteroatoms. The summed E-state index contributed by atoms with van der Waals surface area (Å²) in [5, 5.41) is 11.4. The molecule has 1 atom stereocenters. The SMILES string of the molecule is [2H]C([2H])([2H])N(C([2H])([2H])[2H])C([2H])([2H])[C@@H](c1ccc(OC)cc1)C1(O)CCCCC1. The molecule has 0 aliphatic heterocycles. The molecule has 0 spiro atoms. The summed E-state index contributed by atoms with van der Waals surface area (Å²) in [6, 6.07) is 6.26. The molecular formula is C17H27NO2. The van der Waals surface area contributed by atoms with Crippen molar-refractivity contribution in [2.45, 2.75) is 43.6 Å². The van der Waals surface area contributed by atoms with Gasteiger partial charge in [-0.2, -0.15) is 0 Å². The van der Waals surface area contributed by atoms with Crippen LogP contribution in [0.25, 0.3) is 0 Å². The number of methoxy groups -OCH3 is 1. The fourth-order valence-corrected chi connectivity index (χ4v) is 2.88. The molecular weight excluding hydrogens is 250 g/mol. The summed E-state index contributed by atoms with van der Waals surface area (Å²) in [6.45, 7) is -9.30. The summed E-state index contributed by atoms with van der Waals surface area (Å²) in [6.07, 6.45) is 2.71. The molecule has 0 saturated heterocycles. The third-order valence-electron chi connectivity index (χ3n) is 3.96. The van der Waals surface area contributed by atoms with Gasteiger partial charge in [0.15, 0.2) is 0 Å². The van der Waals surface area contributed by atoms with Crippen LogP contribution in [-0.2, 0) is 0 Å².